The first-order valence-electron chi connectivity index (χ1n) is 6.97. The summed E-state index contributed by atoms with van der Waals surface area (Å²) in [6, 6.07) is 9.85. The summed E-state index contributed by atoms with van der Waals surface area (Å²) in [6.45, 7) is 2.71. The molecule has 1 nitrogen and oxygen atoms in total. The quantitative estimate of drug-likeness (QED) is 0.723. The highest BCUT2D eigenvalue weighted by molar-refractivity contribution is 14.1. The molecule has 1 aliphatic carbocycles. The standard InChI is InChI=1S/C15H20INS/c16-12-4-6-14(7-5-12)18-15-10-13(11-15)17-8-2-1-3-9-17/h4-7,13,15H,1-3,8-11H2/t13-,15-. The minimum Gasteiger partial charge on any atom is -0.300 e. The van der Waals surface area contributed by atoms with E-state index >= 15 is 0 Å². The van der Waals surface area contributed by atoms with E-state index < -0.39 is 0 Å². The minimum absolute atomic E-state index is 0.858. The second kappa shape index (κ2) is 6.14. The van der Waals surface area contributed by atoms with E-state index in [2.05, 4.69) is 63.5 Å². The summed E-state index contributed by atoms with van der Waals surface area (Å²) in [5.41, 5.74) is 0. The zero-order chi connectivity index (χ0) is 12.4. The van der Waals surface area contributed by atoms with Gasteiger partial charge in [-0.1, -0.05) is 6.42 Å². The molecule has 0 atom stereocenters. The molecule has 0 N–H and O–H groups in total. The van der Waals surface area contributed by atoms with Crippen molar-refractivity contribution in [3.8, 4) is 0 Å². The van der Waals surface area contributed by atoms with Gasteiger partial charge >= 0.3 is 0 Å². The molecule has 0 unspecified atom stereocenters. The van der Waals surface area contributed by atoms with E-state index in [9.17, 15) is 0 Å². The van der Waals surface area contributed by atoms with E-state index in [1.807, 2.05) is 0 Å². The fourth-order valence-corrected chi connectivity index (χ4v) is 4.60. The highest BCUT2D eigenvalue weighted by Gasteiger charge is 2.34. The molecule has 3 rings (SSSR count). The van der Waals surface area contributed by atoms with Crippen LogP contribution in [-0.2, 0) is 0 Å². The van der Waals surface area contributed by atoms with Gasteiger partial charge in [-0.25, -0.2) is 0 Å². The van der Waals surface area contributed by atoms with Crippen LogP contribution in [-0.4, -0.2) is 29.3 Å². The Bertz CT molecular complexity index is 380. The third-order valence-electron chi connectivity index (χ3n) is 4.09. The van der Waals surface area contributed by atoms with Crippen molar-refractivity contribution in [3.63, 3.8) is 0 Å². The normalized spacial score (nSPS) is 28.9. The monoisotopic (exact) mass is 373 g/mol. The van der Waals surface area contributed by atoms with Crippen LogP contribution in [0.1, 0.15) is 32.1 Å². The Morgan fingerprint density at radius 2 is 1.67 bits per heavy atom. The molecular weight excluding hydrogens is 353 g/mol. The zero-order valence-electron chi connectivity index (χ0n) is 10.6. The maximum absolute atomic E-state index is 2.73. The minimum atomic E-state index is 0.858. The summed E-state index contributed by atoms with van der Waals surface area (Å²) in [7, 11) is 0. The highest BCUT2D eigenvalue weighted by atomic mass is 127. The second-order valence-corrected chi connectivity index (χ2v) is 8.04. The predicted octanol–water partition coefficient (Wildman–Crippen LogP) is 4.40. The van der Waals surface area contributed by atoms with Gasteiger partial charge in [0.25, 0.3) is 0 Å². The average Bonchev–Trinajstić information content (AvgIpc) is 2.36. The van der Waals surface area contributed by atoms with Gasteiger partial charge in [0, 0.05) is 19.8 Å². The number of benzene rings is 1. The first-order chi connectivity index (χ1) is 8.81. The molecule has 0 amide bonds. The Balaban J connectivity index is 1.46. The lowest BCUT2D eigenvalue weighted by atomic mass is 9.89. The molecule has 0 spiro atoms. The van der Waals surface area contributed by atoms with Crippen molar-refractivity contribution in [1.82, 2.24) is 4.90 Å². The molecule has 2 fully saturated rings. The average molecular weight is 373 g/mol. The van der Waals surface area contributed by atoms with E-state index in [4.69, 9.17) is 0 Å². The van der Waals surface area contributed by atoms with Crippen LogP contribution in [0, 0.1) is 3.57 Å². The van der Waals surface area contributed by atoms with Gasteiger partial charge in [-0.2, -0.15) is 0 Å². The number of hydrogen-bond acceptors (Lipinski definition) is 2. The van der Waals surface area contributed by atoms with Crippen molar-refractivity contribution >= 4 is 34.4 Å². The maximum atomic E-state index is 2.73. The van der Waals surface area contributed by atoms with E-state index in [0.29, 0.717) is 0 Å². The lowest BCUT2D eigenvalue weighted by molar-refractivity contribution is 0.109. The van der Waals surface area contributed by atoms with E-state index in [0.717, 1.165) is 11.3 Å². The first kappa shape index (κ1) is 13.3. The molecule has 0 aromatic heterocycles. The van der Waals surface area contributed by atoms with Crippen LogP contribution in [0.4, 0.5) is 0 Å². The summed E-state index contributed by atoms with van der Waals surface area (Å²) in [5, 5.41) is 0.858. The molecule has 98 valence electrons. The van der Waals surface area contributed by atoms with Gasteiger partial charge in [-0.15, -0.1) is 11.8 Å². The summed E-state index contributed by atoms with van der Waals surface area (Å²) in [6.07, 6.45) is 7.09. The van der Waals surface area contributed by atoms with Crippen LogP contribution in [0.5, 0.6) is 0 Å². The van der Waals surface area contributed by atoms with Crippen molar-refractivity contribution in [2.24, 2.45) is 0 Å². The summed E-state index contributed by atoms with van der Waals surface area (Å²) in [5.74, 6) is 0. The van der Waals surface area contributed by atoms with Gasteiger partial charge in [0.1, 0.15) is 0 Å². The van der Waals surface area contributed by atoms with Gasteiger partial charge in [-0.05, 0) is 85.6 Å². The Hall–Kier alpha value is 0.260. The molecule has 0 radical (unpaired) electrons. The number of nitrogens with zero attached hydrogens (tertiary/aromatic N) is 1. The van der Waals surface area contributed by atoms with Gasteiger partial charge in [-0.3, -0.25) is 0 Å². The topological polar surface area (TPSA) is 3.24 Å². The molecule has 1 saturated heterocycles. The molecule has 1 aliphatic heterocycles. The van der Waals surface area contributed by atoms with Crippen molar-refractivity contribution < 1.29 is 0 Å². The number of halogens is 1. The van der Waals surface area contributed by atoms with Crippen LogP contribution in [0.15, 0.2) is 29.2 Å². The van der Waals surface area contributed by atoms with Gasteiger partial charge in [0.2, 0.25) is 0 Å². The van der Waals surface area contributed by atoms with Crippen LogP contribution in [0.2, 0.25) is 0 Å². The zero-order valence-corrected chi connectivity index (χ0v) is 13.6. The van der Waals surface area contributed by atoms with Gasteiger partial charge in [0.15, 0.2) is 0 Å². The van der Waals surface area contributed by atoms with Crippen molar-refractivity contribution in [2.45, 2.75) is 48.3 Å². The number of likely N-dealkylation sites (tertiary alicyclic amines) is 1. The van der Waals surface area contributed by atoms with Crippen molar-refractivity contribution in [1.29, 1.82) is 0 Å². The largest absolute Gasteiger partial charge is 0.300 e. The summed E-state index contributed by atoms with van der Waals surface area (Å²) >= 11 is 4.45. The summed E-state index contributed by atoms with van der Waals surface area (Å²) in [4.78, 5) is 4.17. The molecule has 2 aliphatic rings. The first-order valence-corrected chi connectivity index (χ1v) is 8.93. The summed E-state index contributed by atoms with van der Waals surface area (Å²) < 4.78 is 1.33. The molecule has 1 aromatic carbocycles. The third-order valence-corrected chi connectivity index (χ3v) is 6.08. The Morgan fingerprint density at radius 3 is 2.33 bits per heavy atom. The molecular formula is C15H20INS. The number of piperidine rings is 1. The van der Waals surface area contributed by atoms with E-state index in [-0.39, 0.29) is 0 Å². The van der Waals surface area contributed by atoms with Gasteiger partial charge < -0.3 is 4.90 Å². The predicted molar refractivity (Wildman–Crippen MR) is 87.3 cm³/mol. The smallest absolute Gasteiger partial charge is 0.0131 e. The lowest BCUT2D eigenvalue weighted by Gasteiger charge is -2.44. The van der Waals surface area contributed by atoms with Crippen molar-refractivity contribution in [3.05, 3.63) is 27.8 Å². The number of thioether (sulfide) groups is 1. The SMILES string of the molecule is Ic1ccc(S[C@H]2C[C@H](N3CCCCC3)C2)cc1. The lowest BCUT2D eigenvalue weighted by Crippen LogP contribution is -2.48. The van der Waals surface area contributed by atoms with Crippen LogP contribution < -0.4 is 0 Å². The number of rotatable bonds is 3. The molecule has 1 saturated carbocycles. The molecule has 1 heterocycles. The Kier molecular flexibility index (Phi) is 4.52. The maximum Gasteiger partial charge on any atom is 0.0131 e. The van der Waals surface area contributed by atoms with Crippen LogP contribution in [0.3, 0.4) is 0 Å². The fraction of sp³-hybridized carbons (Fsp3) is 0.600. The third kappa shape index (κ3) is 3.23. The number of hydrogen-bond donors (Lipinski definition) is 0. The molecule has 18 heavy (non-hydrogen) atoms. The molecule has 3 heteroatoms. The van der Waals surface area contributed by atoms with Gasteiger partial charge in [0.05, 0.1) is 0 Å². The van der Waals surface area contributed by atoms with Crippen LogP contribution >= 0.6 is 34.4 Å². The van der Waals surface area contributed by atoms with Crippen molar-refractivity contribution in [2.75, 3.05) is 13.1 Å². The Morgan fingerprint density at radius 1 is 1.00 bits per heavy atom. The molecule has 0 bridgehead atoms. The Labute approximate surface area is 128 Å². The van der Waals surface area contributed by atoms with Crippen LogP contribution in [0.25, 0.3) is 0 Å². The molecule has 1 aromatic rings. The van der Waals surface area contributed by atoms with E-state index in [1.165, 1.54) is 53.7 Å². The highest BCUT2D eigenvalue weighted by Crippen LogP contribution is 2.39. The fourth-order valence-electron chi connectivity index (χ4n) is 2.92. The van der Waals surface area contributed by atoms with E-state index in [1.54, 1.807) is 0 Å². The second-order valence-electron chi connectivity index (χ2n) is 5.42.